The second-order valence-corrected chi connectivity index (χ2v) is 7.41. The summed E-state index contributed by atoms with van der Waals surface area (Å²) < 4.78 is 0. The highest BCUT2D eigenvalue weighted by Gasteiger charge is 2.20. The van der Waals surface area contributed by atoms with E-state index in [1.54, 1.807) is 0 Å². The summed E-state index contributed by atoms with van der Waals surface area (Å²) in [6, 6.07) is 15.8. The van der Waals surface area contributed by atoms with Gasteiger partial charge in [0, 0.05) is 47.2 Å². The number of aliphatic carboxylic acids is 1. The SMILES string of the molecule is NCC(CCc1ccccc1Cl)N[C@H](CCC(=O)O)c1c[nH]c2ccccc12. The molecule has 0 fully saturated rings. The number of carboxylic acid groups (broad SMARTS) is 1. The molecule has 28 heavy (non-hydrogen) atoms. The average Bonchev–Trinajstić information content (AvgIpc) is 3.12. The van der Waals surface area contributed by atoms with E-state index in [1.807, 2.05) is 48.7 Å². The van der Waals surface area contributed by atoms with Crippen molar-refractivity contribution in [1.29, 1.82) is 0 Å². The van der Waals surface area contributed by atoms with Crippen molar-refractivity contribution in [1.82, 2.24) is 10.3 Å². The Balaban J connectivity index is 1.75. The van der Waals surface area contributed by atoms with Gasteiger partial charge in [-0.1, -0.05) is 48.0 Å². The molecule has 3 rings (SSSR count). The topological polar surface area (TPSA) is 91.1 Å². The van der Waals surface area contributed by atoms with E-state index in [-0.39, 0.29) is 18.5 Å². The first-order valence-corrected chi connectivity index (χ1v) is 9.93. The van der Waals surface area contributed by atoms with Crippen LogP contribution in [0.4, 0.5) is 0 Å². The number of rotatable bonds is 10. The Morgan fingerprint density at radius 3 is 2.64 bits per heavy atom. The number of halogens is 1. The molecule has 148 valence electrons. The molecule has 6 heteroatoms. The van der Waals surface area contributed by atoms with Gasteiger partial charge in [0.25, 0.3) is 0 Å². The highest BCUT2D eigenvalue weighted by Crippen LogP contribution is 2.28. The van der Waals surface area contributed by atoms with Crippen LogP contribution in [0.3, 0.4) is 0 Å². The van der Waals surface area contributed by atoms with Crippen LogP contribution in [-0.4, -0.2) is 28.6 Å². The van der Waals surface area contributed by atoms with E-state index in [2.05, 4.69) is 16.4 Å². The Morgan fingerprint density at radius 1 is 1.14 bits per heavy atom. The predicted octanol–water partition coefficient (Wildman–Crippen LogP) is 4.28. The zero-order valence-electron chi connectivity index (χ0n) is 15.7. The van der Waals surface area contributed by atoms with E-state index < -0.39 is 5.97 Å². The standard InChI is InChI=1S/C22H26ClN3O2/c23-19-7-3-1-5-15(19)9-10-16(13-24)26-21(11-12-22(27)28)18-14-25-20-8-4-2-6-17(18)20/h1-8,14,16,21,25-26H,9-13,24H2,(H,27,28)/t16?,21-/m1/s1. The Morgan fingerprint density at radius 2 is 1.89 bits per heavy atom. The lowest BCUT2D eigenvalue weighted by Crippen LogP contribution is -2.39. The van der Waals surface area contributed by atoms with Crippen LogP contribution < -0.4 is 11.1 Å². The van der Waals surface area contributed by atoms with Crippen molar-refractivity contribution in [3.05, 3.63) is 70.9 Å². The minimum absolute atomic E-state index is 0.0590. The molecular formula is C22H26ClN3O2. The van der Waals surface area contributed by atoms with E-state index in [1.165, 1.54) is 0 Å². The summed E-state index contributed by atoms with van der Waals surface area (Å²) in [4.78, 5) is 14.4. The number of aromatic amines is 1. The molecule has 2 atom stereocenters. The number of hydrogen-bond acceptors (Lipinski definition) is 3. The summed E-state index contributed by atoms with van der Waals surface area (Å²) in [5, 5.41) is 14.6. The van der Waals surface area contributed by atoms with Gasteiger partial charge in [0.15, 0.2) is 0 Å². The van der Waals surface area contributed by atoms with Crippen molar-refractivity contribution in [3.8, 4) is 0 Å². The number of fused-ring (bicyclic) bond motifs is 1. The summed E-state index contributed by atoms with van der Waals surface area (Å²) in [5.41, 5.74) is 9.24. The lowest BCUT2D eigenvalue weighted by Gasteiger charge is -2.25. The number of aromatic nitrogens is 1. The van der Waals surface area contributed by atoms with E-state index in [0.717, 1.165) is 39.9 Å². The van der Waals surface area contributed by atoms with Crippen molar-refractivity contribution >= 4 is 28.5 Å². The van der Waals surface area contributed by atoms with E-state index in [9.17, 15) is 9.90 Å². The molecule has 0 radical (unpaired) electrons. The lowest BCUT2D eigenvalue weighted by molar-refractivity contribution is -0.137. The summed E-state index contributed by atoms with van der Waals surface area (Å²) in [7, 11) is 0. The van der Waals surface area contributed by atoms with Gasteiger partial charge in [-0.05, 0) is 42.5 Å². The fourth-order valence-electron chi connectivity index (χ4n) is 3.56. The number of nitrogens with two attached hydrogens (primary N) is 1. The molecule has 1 heterocycles. The van der Waals surface area contributed by atoms with E-state index in [0.29, 0.717) is 13.0 Å². The van der Waals surface area contributed by atoms with Gasteiger partial charge in [-0.3, -0.25) is 4.79 Å². The van der Waals surface area contributed by atoms with Gasteiger partial charge in [-0.25, -0.2) is 0 Å². The average molecular weight is 400 g/mol. The Bertz CT molecular complexity index is 925. The Hall–Kier alpha value is -2.34. The maximum Gasteiger partial charge on any atom is 0.303 e. The Labute approximate surface area is 169 Å². The third kappa shape index (κ3) is 5.13. The molecule has 3 aromatic rings. The molecule has 5 nitrogen and oxygen atoms in total. The summed E-state index contributed by atoms with van der Waals surface area (Å²) in [6.07, 6.45) is 4.20. The van der Waals surface area contributed by atoms with Gasteiger partial charge in [0.2, 0.25) is 0 Å². The second-order valence-electron chi connectivity index (χ2n) is 7.00. The second kappa shape index (κ2) is 9.73. The van der Waals surface area contributed by atoms with Crippen molar-refractivity contribution in [2.45, 2.75) is 37.8 Å². The van der Waals surface area contributed by atoms with Crippen LogP contribution in [0.15, 0.2) is 54.7 Å². The van der Waals surface area contributed by atoms with Crippen LogP contribution in [-0.2, 0) is 11.2 Å². The van der Waals surface area contributed by atoms with Crippen LogP contribution in [0.25, 0.3) is 10.9 Å². The molecule has 0 saturated heterocycles. The molecule has 0 aliphatic heterocycles. The van der Waals surface area contributed by atoms with Crippen LogP contribution in [0, 0.1) is 0 Å². The van der Waals surface area contributed by atoms with Crippen LogP contribution in [0.1, 0.15) is 36.4 Å². The smallest absolute Gasteiger partial charge is 0.303 e. The number of carboxylic acids is 1. The zero-order chi connectivity index (χ0) is 19.9. The Kier molecular flexibility index (Phi) is 7.09. The molecule has 0 aliphatic carbocycles. The van der Waals surface area contributed by atoms with Crippen molar-refractivity contribution in [3.63, 3.8) is 0 Å². The largest absolute Gasteiger partial charge is 0.481 e. The number of nitrogens with one attached hydrogen (secondary N) is 2. The maximum absolute atomic E-state index is 11.2. The number of carbonyl (C=O) groups is 1. The van der Waals surface area contributed by atoms with Crippen molar-refractivity contribution in [2.75, 3.05) is 6.54 Å². The zero-order valence-corrected chi connectivity index (χ0v) is 16.5. The molecule has 1 unspecified atom stereocenters. The minimum Gasteiger partial charge on any atom is -0.481 e. The maximum atomic E-state index is 11.2. The summed E-state index contributed by atoms with van der Waals surface area (Å²) >= 11 is 6.27. The number of hydrogen-bond donors (Lipinski definition) is 4. The first-order chi connectivity index (χ1) is 13.6. The molecule has 0 amide bonds. The van der Waals surface area contributed by atoms with Gasteiger partial charge >= 0.3 is 5.97 Å². The summed E-state index contributed by atoms with van der Waals surface area (Å²) in [6.45, 7) is 0.469. The number of benzene rings is 2. The van der Waals surface area contributed by atoms with Crippen molar-refractivity contribution in [2.24, 2.45) is 5.73 Å². The molecule has 0 bridgehead atoms. The van der Waals surface area contributed by atoms with Gasteiger partial charge in [0.05, 0.1) is 0 Å². The van der Waals surface area contributed by atoms with E-state index >= 15 is 0 Å². The number of H-pyrrole nitrogens is 1. The molecular weight excluding hydrogens is 374 g/mol. The van der Waals surface area contributed by atoms with Gasteiger partial charge in [-0.15, -0.1) is 0 Å². The first kappa shape index (κ1) is 20.4. The summed E-state index contributed by atoms with van der Waals surface area (Å²) in [5.74, 6) is -0.799. The third-order valence-corrected chi connectivity index (χ3v) is 5.45. The number of aryl methyl sites for hydroxylation is 1. The fourth-order valence-corrected chi connectivity index (χ4v) is 3.79. The predicted molar refractivity (Wildman–Crippen MR) is 114 cm³/mol. The quantitative estimate of drug-likeness (QED) is 0.409. The van der Waals surface area contributed by atoms with E-state index in [4.69, 9.17) is 17.3 Å². The highest BCUT2D eigenvalue weighted by atomic mass is 35.5. The van der Waals surface area contributed by atoms with Crippen molar-refractivity contribution < 1.29 is 9.90 Å². The first-order valence-electron chi connectivity index (χ1n) is 9.55. The van der Waals surface area contributed by atoms with Gasteiger partial charge in [-0.2, -0.15) is 0 Å². The minimum atomic E-state index is -0.799. The number of para-hydroxylation sites is 1. The highest BCUT2D eigenvalue weighted by molar-refractivity contribution is 6.31. The van der Waals surface area contributed by atoms with Crippen LogP contribution >= 0.6 is 11.6 Å². The van der Waals surface area contributed by atoms with Crippen LogP contribution in [0.5, 0.6) is 0 Å². The van der Waals surface area contributed by atoms with Gasteiger partial charge < -0.3 is 21.1 Å². The molecule has 0 saturated carbocycles. The molecule has 0 aliphatic rings. The molecule has 2 aromatic carbocycles. The molecule has 0 spiro atoms. The normalized spacial score (nSPS) is 13.5. The third-order valence-electron chi connectivity index (χ3n) is 5.08. The lowest BCUT2D eigenvalue weighted by atomic mass is 9.98. The van der Waals surface area contributed by atoms with Gasteiger partial charge in [0.1, 0.15) is 0 Å². The monoisotopic (exact) mass is 399 g/mol. The molecule has 1 aromatic heterocycles. The fraction of sp³-hybridized carbons (Fsp3) is 0.318. The molecule has 5 N–H and O–H groups in total. The van der Waals surface area contributed by atoms with Crippen LogP contribution in [0.2, 0.25) is 5.02 Å².